The molecule has 1 aromatic carbocycles. The summed E-state index contributed by atoms with van der Waals surface area (Å²) in [6.45, 7) is 6.91. The molecule has 0 aromatic heterocycles. The van der Waals surface area contributed by atoms with E-state index in [1.54, 1.807) is 16.7 Å². The van der Waals surface area contributed by atoms with Crippen molar-refractivity contribution < 1.29 is 0 Å². The van der Waals surface area contributed by atoms with E-state index in [9.17, 15) is 0 Å². The van der Waals surface area contributed by atoms with Crippen LogP contribution in [0.2, 0.25) is 0 Å². The van der Waals surface area contributed by atoms with Gasteiger partial charge in [-0.2, -0.15) is 0 Å². The van der Waals surface area contributed by atoms with Gasteiger partial charge in [0.1, 0.15) is 0 Å². The maximum Gasteiger partial charge on any atom is -0.0276 e. The standard InChI is InChI=1S/C23H40/c1-4-7-9-11-13-17-21-19-15-20-22(23(21)16-6-3)18-14-12-10-8-5-2/h15,19-20H,4-14,16-18H2,1-3H3. The topological polar surface area (TPSA) is 0 Å². The molecule has 1 rings (SSSR count). The van der Waals surface area contributed by atoms with Crippen LogP contribution in [0, 0.1) is 0 Å². The fraction of sp³-hybridized carbons (Fsp3) is 0.739. The molecule has 0 radical (unpaired) electrons. The largest absolute Gasteiger partial charge is 0.0654 e. The summed E-state index contributed by atoms with van der Waals surface area (Å²) in [5, 5.41) is 0. The lowest BCUT2D eigenvalue weighted by Crippen LogP contribution is -2.01. The van der Waals surface area contributed by atoms with E-state index in [4.69, 9.17) is 0 Å². The summed E-state index contributed by atoms with van der Waals surface area (Å²) in [5.74, 6) is 0. The van der Waals surface area contributed by atoms with Crippen LogP contribution in [-0.2, 0) is 19.3 Å². The molecule has 0 heterocycles. The Balaban J connectivity index is 2.54. The van der Waals surface area contributed by atoms with Crippen LogP contribution in [0.5, 0.6) is 0 Å². The minimum atomic E-state index is 1.27. The van der Waals surface area contributed by atoms with E-state index in [-0.39, 0.29) is 0 Å². The van der Waals surface area contributed by atoms with Gasteiger partial charge in [-0.3, -0.25) is 0 Å². The molecule has 23 heavy (non-hydrogen) atoms. The third-order valence-corrected chi connectivity index (χ3v) is 4.97. The summed E-state index contributed by atoms with van der Waals surface area (Å²) in [5.41, 5.74) is 4.99. The first-order valence-corrected chi connectivity index (χ1v) is 10.4. The van der Waals surface area contributed by atoms with Crippen LogP contribution in [0.3, 0.4) is 0 Å². The molecule has 0 unspecified atom stereocenters. The summed E-state index contributed by atoms with van der Waals surface area (Å²) in [6.07, 6.45) is 19.0. The fourth-order valence-corrected chi connectivity index (χ4v) is 3.57. The van der Waals surface area contributed by atoms with Crippen LogP contribution in [0.1, 0.15) is 108 Å². The van der Waals surface area contributed by atoms with Gasteiger partial charge in [0.05, 0.1) is 0 Å². The molecule has 0 heteroatoms. The van der Waals surface area contributed by atoms with Gasteiger partial charge in [-0.25, -0.2) is 0 Å². The Labute approximate surface area is 146 Å². The lowest BCUT2D eigenvalue weighted by atomic mass is 9.91. The predicted octanol–water partition coefficient (Wildman–Crippen LogP) is 7.66. The summed E-state index contributed by atoms with van der Waals surface area (Å²) in [6, 6.07) is 7.10. The van der Waals surface area contributed by atoms with Gasteiger partial charge in [-0.05, 0) is 48.8 Å². The number of unbranched alkanes of at least 4 members (excludes halogenated alkanes) is 8. The zero-order chi connectivity index (χ0) is 16.8. The van der Waals surface area contributed by atoms with Gasteiger partial charge >= 0.3 is 0 Å². The normalized spacial score (nSPS) is 11.1. The van der Waals surface area contributed by atoms with Gasteiger partial charge in [-0.15, -0.1) is 0 Å². The molecule has 0 aliphatic rings. The molecule has 132 valence electrons. The average molecular weight is 317 g/mol. The summed E-state index contributed by atoms with van der Waals surface area (Å²) in [4.78, 5) is 0. The molecule has 0 aliphatic heterocycles. The molecule has 0 atom stereocenters. The molecular formula is C23H40. The highest BCUT2D eigenvalue weighted by Crippen LogP contribution is 2.22. The zero-order valence-electron chi connectivity index (χ0n) is 16.1. The zero-order valence-corrected chi connectivity index (χ0v) is 16.1. The summed E-state index contributed by atoms with van der Waals surface area (Å²) in [7, 11) is 0. The number of rotatable bonds is 14. The third kappa shape index (κ3) is 8.58. The predicted molar refractivity (Wildman–Crippen MR) is 105 cm³/mol. The van der Waals surface area contributed by atoms with Gasteiger partial charge < -0.3 is 0 Å². The SMILES string of the molecule is CCCCCCCc1cccc(CCCCCCC)c1CCC. The van der Waals surface area contributed by atoms with Crippen LogP contribution in [0.15, 0.2) is 18.2 Å². The molecule has 0 spiro atoms. The molecule has 0 fully saturated rings. The van der Waals surface area contributed by atoms with Crippen LogP contribution in [0.25, 0.3) is 0 Å². The molecular weight excluding hydrogens is 276 g/mol. The van der Waals surface area contributed by atoms with E-state index in [0.29, 0.717) is 0 Å². The van der Waals surface area contributed by atoms with Crippen molar-refractivity contribution in [1.29, 1.82) is 0 Å². The van der Waals surface area contributed by atoms with Gasteiger partial charge in [-0.1, -0.05) is 96.8 Å². The van der Waals surface area contributed by atoms with Crippen molar-refractivity contribution in [2.45, 2.75) is 111 Å². The van der Waals surface area contributed by atoms with Crippen molar-refractivity contribution in [2.24, 2.45) is 0 Å². The number of hydrogen-bond donors (Lipinski definition) is 0. The Bertz CT molecular complexity index is 359. The molecule has 0 nitrogen and oxygen atoms in total. The van der Waals surface area contributed by atoms with E-state index < -0.39 is 0 Å². The second kappa shape index (κ2) is 13.6. The molecule has 0 bridgehead atoms. The minimum Gasteiger partial charge on any atom is -0.0654 e. The second-order valence-corrected chi connectivity index (χ2v) is 7.13. The Hall–Kier alpha value is -0.780. The highest BCUT2D eigenvalue weighted by Gasteiger charge is 2.07. The minimum absolute atomic E-state index is 1.27. The number of aryl methyl sites for hydroxylation is 2. The summed E-state index contributed by atoms with van der Waals surface area (Å²) >= 11 is 0. The first-order chi connectivity index (χ1) is 11.3. The fourth-order valence-electron chi connectivity index (χ4n) is 3.57. The van der Waals surface area contributed by atoms with Gasteiger partial charge in [0.25, 0.3) is 0 Å². The first-order valence-electron chi connectivity index (χ1n) is 10.4. The molecule has 0 saturated carbocycles. The Morgan fingerprint density at radius 2 is 1.00 bits per heavy atom. The third-order valence-electron chi connectivity index (χ3n) is 4.97. The van der Waals surface area contributed by atoms with Gasteiger partial charge in [0, 0.05) is 0 Å². The van der Waals surface area contributed by atoms with Crippen LogP contribution in [-0.4, -0.2) is 0 Å². The van der Waals surface area contributed by atoms with Crippen molar-refractivity contribution >= 4 is 0 Å². The molecule has 0 N–H and O–H groups in total. The van der Waals surface area contributed by atoms with Gasteiger partial charge in [0.15, 0.2) is 0 Å². The van der Waals surface area contributed by atoms with E-state index in [1.165, 1.54) is 89.9 Å². The molecule has 0 aliphatic carbocycles. The van der Waals surface area contributed by atoms with Crippen molar-refractivity contribution in [3.05, 3.63) is 34.9 Å². The van der Waals surface area contributed by atoms with Gasteiger partial charge in [0.2, 0.25) is 0 Å². The van der Waals surface area contributed by atoms with E-state index in [2.05, 4.69) is 39.0 Å². The van der Waals surface area contributed by atoms with Crippen molar-refractivity contribution in [2.75, 3.05) is 0 Å². The van der Waals surface area contributed by atoms with E-state index in [0.717, 1.165) is 0 Å². The Morgan fingerprint density at radius 1 is 0.522 bits per heavy atom. The maximum atomic E-state index is 2.39. The van der Waals surface area contributed by atoms with Crippen LogP contribution >= 0.6 is 0 Å². The highest BCUT2D eigenvalue weighted by atomic mass is 14.1. The lowest BCUT2D eigenvalue weighted by Gasteiger charge is -2.15. The molecule has 1 aromatic rings. The van der Waals surface area contributed by atoms with Crippen LogP contribution in [0.4, 0.5) is 0 Å². The van der Waals surface area contributed by atoms with Crippen molar-refractivity contribution in [3.8, 4) is 0 Å². The van der Waals surface area contributed by atoms with Crippen molar-refractivity contribution in [1.82, 2.24) is 0 Å². The number of benzene rings is 1. The number of hydrogen-bond acceptors (Lipinski definition) is 0. The van der Waals surface area contributed by atoms with E-state index >= 15 is 0 Å². The average Bonchev–Trinajstić information content (AvgIpc) is 2.56. The Kier molecular flexibility index (Phi) is 12.0. The second-order valence-electron chi connectivity index (χ2n) is 7.13. The quantitative estimate of drug-likeness (QED) is 0.309. The maximum absolute atomic E-state index is 2.39. The molecule has 0 saturated heterocycles. The molecule has 0 amide bonds. The smallest absolute Gasteiger partial charge is 0.0276 e. The summed E-state index contributed by atoms with van der Waals surface area (Å²) < 4.78 is 0. The first kappa shape index (κ1) is 20.3. The van der Waals surface area contributed by atoms with Crippen molar-refractivity contribution in [3.63, 3.8) is 0 Å². The van der Waals surface area contributed by atoms with E-state index in [1.807, 2.05) is 0 Å². The Morgan fingerprint density at radius 3 is 1.43 bits per heavy atom. The van der Waals surface area contributed by atoms with Crippen LogP contribution < -0.4 is 0 Å². The monoisotopic (exact) mass is 316 g/mol. The highest BCUT2D eigenvalue weighted by molar-refractivity contribution is 5.36. The lowest BCUT2D eigenvalue weighted by molar-refractivity contribution is 0.624.